The van der Waals surface area contributed by atoms with Crippen molar-refractivity contribution in [3.05, 3.63) is 42.1 Å². The van der Waals surface area contributed by atoms with Crippen LogP contribution in [0.5, 0.6) is 5.75 Å². The second kappa shape index (κ2) is 10.7. The van der Waals surface area contributed by atoms with Crippen LogP contribution in [-0.4, -0.2) is 41.9 Å². The number of carbonyl (C=O) groups excluding carboxylic acids is 1. The van der Waals surface area contributed by atoms with E-state index in [4.69, 9.17) is 14.6 Å². The molecule has 2 fully saturated rings. The van der Waals surface area contributed by atoms with Gasteiger partial charge in [0.1, 0.15) is 23.7 Å². The largest absolute Gasteiger partial charge is 0.489 e. The van der Waals surface area contributed by atoms with Crippen LogP contribution in [-0.2, 0) is 9.53 Å². The Morgan fingerprint density at radius 1 is 1.23 bits per heavy atom. The van der Waals surface area contributed by atoms with Crippen molar-refractivity contribution in [1.29, 1.82) is 5.26 Å². The number of nitriles is 1. The fourth-order valence-corrected chi connectivity index (χ4v) is 3.20. The summed E-state index contributed by atoms with van der Waals surface area (Å²) in [5, 5.41) is 20.6. The first-order chi connectivity index (χ1) is 14.6. The third kappa shape index (κ3) is 6.28. The third-order valence-corrected chi connectivity index (χ3v) is 5.17. The Morgan fingerprint density at radius 3 is 2.57 bits per heavy atom. The maximum Gasteiger partial charge on any atom is 0.212 e. The van der Waals surface area contributed by atoms with E-state index in [0.717, 1.165) is 24.0 Å². The Bertz CT molecular complexity index is 884. The highest BCUT2D eigenvalue weighted by Gasteiger charge is 2.25. The van der Waals surface area contributed by atoms with Gasteiger partial charge in [0.2, 0.25) is 6.41 Å². The monoisotopic (exact) mass is 409 g/mol. The molecule has 158 valence electrons. The first-order valence-electron chi connectivity index (χ1n) is 10.2. The molecule has 4 rings (SSSR count). The lowest BCUT2D eigenvalue weighted by atomic mass is 10.0. The molecule has 1 saturated carbocycles. The van der Waals surface area contributed by atoms with Gasteiger partial charge in [-0.15, -0.1) is 0 Å². The van der Waals surface area contributed by atoms with Crippen LogP contribution in [0.15, 0.2) is 36.5 Å². The van der Waals surface area contributed by atoms with Crippen molar-refractivity contribution >= 4 is 12.2 Å². The molecule has 7 heteroatoms. The highest BCUT2D eigenvalue weighted by molar-refractivity contribution is 5.74. The summed E-state index contributed by atoms with van der Waals surface area (Å²) in [6.45, 7) is 3.24. The molecule has 1 aromatic carbocycles. The standard InChI is InChI=1S/C18H17N3O3.C5H10O/c19-11-15-9-13(14-3-6-20-18(10-14)21-12-22)1-2-17(15)24-16-4-7-23-8-5-16;1-4(6)5-2-3-5/h1-3,6,9-10,12,16H,4-5,7-8H2,(H,20,21,22);4-6H,2-3H2,1H3. The maximum absolute atomic E-state index is 10.5. The molecule has 1 atom stereocenters. The van der Waals surface area contributed by atoms with Crippen LogP contribution in [0.3, 0.4) is 0 Å². The van der Waals surface area contributed by atoms with Crippen molar-refractivity contribution in [3.63, 3.8) is 0 Å². The molecule has 0 bridgehead atoms. The molecule has 0 spiro atoms. The zero-order chi connectivity index (χ0) is 21.3. The predicted octanol–water partition coefficient (Wildman–Crippen LogP) is 3.52. The Morgan fingerprint density at radius 2 is 1.97 bits per heavy atom. The fraction of sp³-hybridized carbons (Fsp3) is 0.435. The van der Waals surface area contributed by atoms with E-state index in [0.29, 0.717) is 42.7 Å². The summed E-state index contributed by atoms with van der Waals surface area (Å²) in [4.78, 5) is 14.6. The second-order valence-electron chi connectivity index (χ2n) is 7.52. The van der Waals surface area contributed by atoms with Gasteiger partial charge < -0.3 is 19.9 Å². The third-order valence-electron chi connectivity index (χ3n) is 5.17. The van der Waals surface area contributed by atoms with E-state index in [-0.39, 0.29) is 12.2 Å². The summed E-state index contributed by atoms with van der Waals surface area (Å²) in [7, 11) is 0. The van der Waals surface area contributed by atoms with Gasteiger partial charge in [-0.3, -0.25) is 4.79 Å². The molecule has 0 radical (unpaired) electrons. The second-order valence-corrected chi connectivity index (χ2v) is 7.52. The lowest BCUT2D eigenvalue weighted by Crippen LogP contribution is -2.26. The molecule has 1 saturated heterocycles. The van der Waals surface area contributed by atoms with E-state index in [9.17, 15) is 10.1 Å². The number of nitrogens with zero attached hydrogens (tertiary/aromatic N) is 2. The van der Waals surface area contributed by atoms with E-state index in [1.165, 1.54) is 12.8 Å². The highest BCUT2D eigenvalue weighted by atomic mass is 16.5. The van der Waals surface area contributed by atoms with Crippen LogP contribution in [0.25, 0.3) is 11.1 Å². The van der Waals surface area contributed by atoms with Crippen LogP contribution in [0.4, 0.5) is 5.82 Å². The maximum atomic E-state index is 10.5. The highest BCUT2D eigenvalue weighted by Crippen LogP contribution is 2.32. The molecule has 2 aromatic rings. The van der Waals surface area contributed by atoms with Crippen molar-refractivity contribution < 1.29 is 19.4 Å². The average molecular weight is 409 g/mol. The van der Waals surface area contributed by atoms with Gasteiger partial charge in [0.15, 0.2) is 0 Å². The number of rotatable bonds is 6. The first kappa shape index (κ1) is 21.8. The quantitative estimate of drug-likeness (QED) is 0.708. The molecular formula is C23H27N3O4. The number of benzene rings is 1. The van der Waals surface area contributed by atoms with E-state index < -0.39 is 0 Å². The number of aliphatic hydroxyl groups excluding tert-OH is 1. The van der Waals surface area contributed by atoms with Crippen LogP contribution >= 0.6 is 0 Å². The fourth-order valence-electron chi connectivity index (χ4n) is 3.20. The smallest absolute Gasteiger partial charge is 0.212 e. The van der Waals surface area contributed by atoms with Crippen LogP contribution in [0.2, 0.25) is 0 Å². The van der Waals surface area contributed by atoms with E-state index in [2.05, 4.69) is 16.4 Å². The van der Waals surface area contributed by atoms with Gasteiger partial charge in [0, 0.05) is 19.0 Å². The Balaban J connectivity index is 0.000000367. The van der Waals surface area contributed by atoms with E-state index in [1.54, 1.807) is 18.3 Å². The number of carbonyl (C=O) groups is 1. The number of ether oxygens (including phenoxy) is 2. The van der Waals surface area contributed by atoms with Gasteiger partial charge in [0.25, 0.3) is 0 Å². The first-order valence-corrected chi connectivity index (χ1v) is 10.2. The van der Waals surface area contributed by atoms with Crippen LogP contribution in [0, 0.1) is 17.2 Å². The summed E-state index contributed by atoms with van der Waals surface area (Å²) >= 11 is 0. The lowest BCUT2D eigenvalue weighted by Gasteiger charge is -2.23. The number of hydrogen-bond acceptors (Lipinski definition) is 6. The van der Waals surface area contributed by atoms with Crippen LogP contribution in [0.1, 0.15) is 38.2 Å². The molecule has 2 aliphatic rings. The number of amides is 1. The minimum absolute atomic E-state index is 0.0370. The molecule has 1 aliphatic carbocycles. The average Bonchev–Trinajstić information content (AvgIpc) is 3.61. The molecule has 1 amide bonds. The van der Waals surface area contributed by atoms with Crippen LogP contribution < -0.4 is 10.1 Å². The molecule has 7 nitrogen and oxygen atoms in total. The molecular weight excluding hydrogens is 382 g/mol. The van der Waals surface area contributed by atoms with Gasteiger partial charge in [0.05, 0.1) is 24.9 Å². The Kier molecular flexibility index (Phi) is 7.77. The van der Waals surface area contributed by atoms with E-state index >= 15 is 0 Å². The zero-order valence-corrected chi connectivity index (χ0v) is 17.1. The number of nitrogens with one attached hydrogen (secondary N) is 1. The molecule has 2 heterocycles. The van der Waals surface area contributed by atoms with Crippen molar-refractivity contribution in [2.45, 2.75) is 44.8 Å². The Labute approximate surface area is 176 Å². The molecule has 30 heavy (non-hydrogen) atoms. The number of hydrogen-bond donors (Lipinski definition) is 2. The van der Waals surface area contributed by atoms with Gasteiger partial charge in [-0.2, -0.15) is 5.26 Å². The molecule has 1 unspecified atom stereocenters. The summed E-state index contributed by atoms with van der Waals surface area (Å²) in [5.41, 5.74) is 2.21. The number of anilines is 1. The number of pyridine rings is 1. The van der Waals surface area contributed by atoms with Gasteiger partial charge >= 0.3 is 0 Å². The van der Waals surface area contributed by atoms with Crippen molar-refractivity contribution in [3.8, 4) is 22.9 Å². The SMILES string of the molecule is CC(O)C1CC1.N#Cc1cc(-c2ccnc(NC=O)c2)ccc1OC1CCOCC1. The van der Waals surface area contributed by atoms with E-state index in [1.807, 2.05) is 25.1 Å². The molecule has 1 aliphatic heterocycles. The molecule has 1 aromatic heterocycles. The Hall–Kier alpha value is -2.95. The lowest BCUT2D eigenvalue weighted by molar-refractivity contribution is -0.105. The number of aromatic nitrogens is 1. The summed E-state index contributed by atoms with van der Waals surface area (Å²) in [6.07, 6.45) is 6.40. The number of aliphatic hydroxyl groups is 1. The van der Waals surface area contributed by atoms with Gasteiger partial charge in [-0.1, -0.05) is 6.07 Å². The minimum atomic E-state index is -0.0370. The predicted molar refractivity (Wildman–Crippen MR) is 113 cm³/mol. The summed E-state index contributed by atoms with van der Waals surface area (Å²) in [6, 6.07) is 11.3. The topological polar surface area (TPSA) is 104 Å². The summed E-state index contributed by atoms with van der Waals surface area (Å²) in [5.74, 6) is 1.71. The zero-order valence-electron chi connectivity index (χ0n) is 17.1. The van der Waals surface area contributed by atoms with Crippen molar-refractivity contribution in [2.24, 2.45) is 5.92 Å². The van der Waals surface area contributed by atoms with Crippen molar-refractivity contribution in [1.82, 2.24) is 4.98 Å². The molecule has 2 N–H and O–H groups in total. The summed E-state index contributed by atoms with van der Waals surface area (Å²) < 4.78 is 11.3. The normalized spacial score (nSPS) is 17.1. The van der Waals surface area contributed by atoms with Gasteiger partial charge in [-0.05, 0) is 61.1 Å². The van der Waals surface area contributed by atoms with Crippen molar-refractivity contribution in [2.75, 3.05) is 18.5 Å². The van der Waals surface area contributed by atoms with Gasteiger partial charge in [-0.25, -0.2) is 4.98 Å². The minimum Gasteiger partial charge on any atom is -0.489 e.